The molecule has 2 N–H and O–H groups in total. The number of halogens is 3. The highest BCUT2D eigenvalue weighted by atomic mass is 19.4. The number of nitrogens with one attached hydrogen (secondary N) is 2. The molecular formula is C39H49F3N8O. The SMILES string of the molecule is C=CCC(Nc1ccn(C)n1)c1ncc(C#CC(=C)/C(C)=C\C=C(/CC)CC(=O)Nc2ccc(CN3CCN(CC)CC3)c(C(F)(F)F)c2)n1C. The lowest BCUT2D eigenvalue weighted by atomic mass is 10.0. The Labute approximate surface area is 299 Å². The molecular weight excluding hydrogens is 653 g/mol. The number of carbonyl (C=O) groups is 1. The van der Waals surface area contributed by atoms with Gasteiger partial charge in [0.25, 0.3) is 0 Å². The van der Waals surface area contributed by atoms with Crippen molar-refractivity contribution < 1.29 is 18.0 Å². The number of allylic oxidation sites excluding steroid dienone is 4. The first-order chi connectivity index (χ1) is 24.3. The molecule has 0 saturated carbocycles. The number of nitrogens with zero attached hydrogens (tertiary/aromatic N) is 6. The molecule has 1 amide bonds. The van der Waals surface area contributed by atoms with Crippen molar-refractivity contribution in [3.63, 3.8) is 0 Å². The van der Waals surface area contributed by atoms with Gasteiger partial charge < -0.3 is 20.1 Å². The first-order valence-corrected chi connectivity index (χ1v) is 17.2. The van der Waals surface area contributed by atoms with Crippen molar-refractivity contribution >= 4 is 17.4 Å². The largest absolute Gasteiger partial charge is 0.416 e. The summed E-state index contributed by atoms with van der Waals surface area (Å²) in [7, 11) is 3.76. The van der Waals surface area contributed by atoms with E-state index < -0.39 is 11.7 Å². The van der Waals surface area contributed by atoms with E-state index in [-0.39, 0.29) is 36.2 Å². The molecule has 1 atom stereocenters. The predicted molar refractivity (Wildman–Crippen MR) is 198 cm³/mol. The zero-order chi connectivity index (χ0) is 37.1. The second-order valence-electron chi connectivity index (χ2n) is 12.7. The van der Waals surface area contributed by atoms with E-state index in [0.29, 0.717) is 24.1 Å². The van der Waals surface area contributed by atoms with Crippen molar-refractivity contribution in [2.75, 3.05) is 43.4 Å². The first-order valence-electron chi connectivity index (χ1n) is 17.2. The van der Waals surface area contributed by atoms with Crippen LogP contribution in [0.15, 0.2) is 84.8 Å². The summed E-state index contributed by atoms with van der Waals surface area (Å²) in [5, 5.41) is 10.5. The van der Waals surface area contributed by atoms with Crippen LogP contribution in [0.5, 0.6) is 0 Å². The minimum atomic E-state index is -4.53. The molecule has 0 aliphatic carbocycles. The fraction of sp³-hybridized carbons (Fsp3) is 0.410. The molecule has 0 radical (unpaired) electrons. The van der Waals surface area contributed by atoms with Crippen molar-refractivity contribution in [3.05, 3.63) is 107 Å². The fourth-order valence-corrected chi connectivity index (χ4v) is 5.79. The van der Waals surface area contributed by atoms with E-state index in [4.69, 9.17) is 0 Å². The van der Waals surface area contributed by atoms with E-state index >= 15 is 0 Å². The van der Waals surface area contributed by atoms with E-state index in [1.807, 2.05) is 67.9 Å². The number of hydrogen-bond acceptors (Lipinski definition) is 6. The quantitative estimate of drug-likeness (QED) is 0.105. The Morgan fingerprint density at radius 2 is 1.82 bits per heavy atom. The van der Waals surface area contributed by atoms with Gasteiger partial charge in [0.15, 0.2) is 0 Å². The first kappa shape index (κ1) is 38.9. The number of carbonyl (C=O) groups excluding carboxylic acids is 1. The number of likely N-dealkylation sites (N-methyl/N-ethyl adjacent to an activating group) is 1. The van der Waals surface area contributed by atoms with E-state index in [1.165, 1.54) is 6.07 Å². The number of aromatic nitrogens is 4. The summed E-state index contributed by atoms with van der Waals surface area (Å²) in [5.41, 5.74) is 2.57. The highest BCUT2D eigenvalue weighted by Gasteiger charge is 2.34. The zero-order valence-electron chi connectivity index (χ0n) is 30.3. The number of alkyl halides is 3. The Kier molecular flexibility index (Phi) is 13.6. The summed E-state index contributed by atoms with van der Waals surface area (Å²) >= 11 is 0. The van der Waals surface area contributed by atoms with E-state index in [0.717, 1.165) is 61.6 Å². The van der Waals surface area contributed by atoms with Gasteiger partial charge >= 0.3 is 6.18 Å². The number of hydrogen-bond donors (Lipinski definition) is 2. The van der Waals surface area contributed by atoms with E-state index in [9.17, 15) is 18.0 Å². The van der Waals surface area contributed by atoms with Gasteiger partial charge in [0.05, 0.1) is 17.8 Å². The molecule has 0 spiro atoms. The smallest absolute Gasteiger partial charge is 0.358 e. The summed E-state index contributed by atoms with van der Waals surface area (Å²) in [6.07, 6.45) is 5.85. The second-order valence-corrected chi connectivity index (χ2v) is 12.7. The molecule has 272 valence electrons. The molecule has 1 aliphatic rings. The lowest BCUT2D eigenvalue weighted by Crippen LogP contribution is -2.45. The third-order valence-electron chi connectivity index (χ3n) is 9.01. The summed E-state index contributed by atoms with van der Waals surface area (Å²) in [5.74, 6) is 7.41. The monoisotopic (exact) mass is 702 g/mol. The summed E-state index contributed by atoms with van der Waals surface area (Å²) in [4.78, 5) is 21.9. The summed E-state index contributed by atoms with van der Waals surface area (Å²) in [6, 6.07) is 5.82. The van der Waals surface area contributed by atoms with Gasteiger partial charge in [-0.1, -0.05) is 56.2 Å². The topological polar surface area (TPSA) is 83.2 Å². The average molecular weight is 703 g/mol. The minimum absolute atomic E-state index is 0.0411. The maximum atomic E-state index is 14.1. The van der Waals surface area contributed by atoms with Gasteiger partial charge in [-0.2, -0.15) is 18.3 Å². The van der Waals surface area contributed by atoms with Gasteiger partial charge in [0.1, 0.15) is 17.3 Å². The Balaban J connectivity index is 1.38. The Hall–Kier alpha value is -4.86. The van der Waals surface area contributed by atoms with Crippen LogP contribution < -0.4 is 10.6 Å². The van der Waals surface area contributed by atoms with Crippen LogP contribution in [0, 0.1) is 11.8 Å². The van der Waals surface area contributed by atoms with E-state index in [1.54, 1.807) is 16.9 Å². The molecule has 3 heterocycles. The maximum Gasteiger partial charge on any atom is 0.416 e. The van der Waals surface area contributed by atoms with Crippen molar-refractivity contribution in [1.82, 2.24) is 29.1 Å². The van der Waals surface area contributed by atoms with Gasteiger partial charge in [0, 0.05) is 76.8 Å². The number of benzene rings is 1. The van der Waals surface area contributed by atoms with Crippen LogP contribution in [0.3, 0.4) is 0 Å². The molecule has 4 rings (SSSR count). The van der Waals surface area contributed by atoms with Crippen LogP contribution in [0.4, 0.5) is 24.7 Å². The highest BCUT2D eigenvalue weighted by Crippen LogP contribution is 2.35. The van der Waals surface area contributed by atoms with Crippen LogP contribution in [-0.4, -0.2) is 67.8 Å². The van der Waals surface area contributed by atoms with Crippen molar-refractivity contribution in [1.29, 1.82) is 0 Å². The fourth-order valence-electron chi connectivity index (χ4n) is 5.79. The standard InChI is InChI=1S/C39H49F3N8O/c1-8-11-35(45-36-18-19-47(6)46-36)38-43-26-33(48(38)7)17-13-29(5)28(4)12-14-30(9-2)24-37(51)44-32-16-15-31(34(25-32)39(40,41)42)27-50-22-20-49(10-3)21-23-50/h8,12,14-16,18-19,25-26,35H,1,5,9-11,20-24,27H2,2-4,6-7H3,(H,44,51)(H,45,46)/b28-12-,30-14+. The molecule has 9 nitrogen and oxygen atoms in total. The molecule has 1 unspecified atom stereocenters. The maximum absolute atomic E-state index is 14.1. The molecule has 1 aromatic carbocycles. The van der Waals surface area contributed by atoms with Gasteiger partial charge in [-0.3, -0.25) is 14.4 Å². The number of imidazole rings is 1. The van der Waals surface area contributed by atoms with Gasteiger partial charge in [-0.15, -0.1) is 6.58 Å². The van der Waals surface area contributed by atoms with Gasteiger partial charge in [0.2, 0.25) is 5.91 Å². The number of aryl methyl sites for hydroxylation is 1. The Morgan fingerprint density at radius 1 is 1.10 bits per heavy atom. The molecule has 1 fully saturated rings. The predicted octanol–water partition coefficient (Wildman–Crippen LogP) is 7.26. The molecule has 12 heteroatoms. The molecule has 51 heavy (non-hydrogen) atoms. The average Bonchev–Trinajstić information content (AvgIpc) is 3.69. The van der Waals surface area contributed by atoms with Crippen LogP contribution in [-0.2, 0) is 31.6 Å². The van der Waals surface area contributed by atoms with Crippen LogP contribution in [0.1, 0.15) is 68.7 Å². The number of amides is 1. The van der Waals surface area contributed by atoms with Crippen molar-refractivity contribution in [2.45, 2.75) is 58.8 Å². The normalized spacial score (nSPS) is 15.2. The summed E-state index contributed by atoms with van der Waals surface area (Å²) < 4.78 is 45.8. The van der Waals surface area contributed by atoms with Crippen LogP contribution in [0.2, 0.25) is 0 Å². The molecule has 2 aromatic heterocycles. The minimum Gasteiger partial charge on any atom is -0.358 e. The lowest BCUT2D eigenvalue weighted by molar-refractivity contribution is -0.138. The molecule has 1 saturated heterocycles. The molecule has 3 aromatic rings. The van der Waals surface area contributed by atoms with Crippen LogP contribution >= 0.6 is 0 Å². The molecule has 0 bridgehead atoms. The van der Waals surface area contributed by atoms with E-state index in [2.05, 4.69) is 57.5 Å². The third kappa shape index (κ3) is 11.1. The Morgan fingerprint density at radius 3 is 2.45 bits per heavy atom. The van der Waals surface area contributed by atoms with Crippen molar-refractivity contribution in [3.8, 4) is 11.8 Å². The lowest BCUT2D eigenvalue weighted by Gasteiger charge is -2.34. The van der Waals surface area contributed by atoms with Crippen molar-refractivity contribution in [2.24, 2.45) is 14.1 Å². The highest BCUT2D eigenvalue weighted by molar-refractivity contribution is 5.92. The third-order valence-corrected chi connectivity index (χ3v) is 9.01. The molecule has 1 aliphatic heterocycles. The summed E-state index contributed by atoms with van der Waals surface area (Å²) in [6.45, 7) is 18.2. The van der Waals surface area contributed by atoms with Gasteiger partial charge in [-0.05, 0) is 55.5 Å². The Bertz CT molecular complexity index is 1810. The number of anilines is 2. The number of piperazine rings is 1. The number of rotatable bonds is 14. The zero-order valence-corrected chi connectivity index (χ0v) is 30.3. The second kappa shape index (κ2) is 17.9. The van der Waals surface area contributed by atoms with Crippen LogP contribution in [0.25, 0.3) is 0 Å². The van der Waals surface area contributed by atoms with Gasteiger partial charge in [-0.25, -0.2) is 4.98 Å².